The molecule has 17 heavy (non-hydrogen) atoms. The monoisotopic (exact) mass is 332 g/mol. The van der Waals surface area contributed by atoms with Crippen molar-refractivity contribution < 1.29 is 5.11 Å². The molecule has 2 aromatic rings. The van der Waals surface area contributed by atoms with Crippen LogP contribution in [0.2, 0.25) is 5.02 Å². The Bertz CT molecular complexity index is 492. The Hall–Kier alpha value is -0.620. The second kappa shape index (κ2) is 5.82. The summed E-state index contributed by atoms with van der Waals surface area (Å²) < 4.78 is 0.780. The quantitative estimate of drug-likeness (QED) is 0.896. The van der Waals surface area contributed by atoms with Gasteiger partial charge in [-0.2, -0.15) is 11.3 Å². The van der Waals surface area contributed by atoms with Crippen LogP contribution in [-0.4, -0.2) is 16.6 Å². The molecule has 0 saturated carbocycles. The number of thiophene rings is 1. The summed E-state index contributed by atoms with van der Waals surface area (Å²) in [5, 5.41) is 17.4. The van der Waals surface area contributed by atoms with Gasteiger partial charge in [0.15, 0.2) is 0 Å². The summed E-state index contributed by atoms with van der Waals surface area (Å²) in [7, 11) is 0. The van der Waals surface area contributed by atoms with E-state index in [0.29, 0.717) is 17.4 Å². The molecule has 0 bridgehead atoms. The van der Waals surface area contributed by atoms with Crippen LogP contribution in [0.4, 0.5) is 5.82 Å². The maximum Gasteiger partial charge on any atom is 0.140 e. The van der Waals surface area contributed by atoms with Crippen LogP contribution in [0.15, 0.2) is 33.6 Å². The molecule has 0 spiro atoms. The fraction of sp³-hybridized carbons (Fsp3) is 0.182. The van der Waals surface area contributed by atoms with Gasteiger partial charge < -0.3 is 10.4 Å². The molecule has 0 aromatic carbocycles. The van der Waals surface area contributed by atoms with E-state index >= 15 is 0 Å². The van der Waals surface area contributed by atoms with Crippen LogP contribution in [0.5, 0.6) is 0 Å². The van der Waals surface area contributed by atoms with Gasteiger partial charge in [0.25, 0.3) is 0 Å². The Kier molecular flexibility index (Phi) is 4.39. The van der Waals surface area contributed by atoms with Crippen molar-refractivity contribution in [3.05, 3.63) is 44.1 Å². The lowest BCUT2D eigenvalue weighted by Crippen LogP contribution is -2.12. The van der Waals surface area contributed by atoms with Crippen LogP contribution in [0.3, 0.4) is 0 Å². The number of pyridine rings is 1. The minimum absolute atomic E-state index is 0.407. The predicted octanol–water partition coefficient (Wildman–Crippen LogP) is 3.70. The van der Waals surface area contributed by atoms with Crippen LogP contribution in [0, 0.1) is 0 Å². The number of nitrogens with zero attached hydrogens (tertiary/aromatic N) is 1. The van der Waals surface area contributed by atoms with Gasteiger partial charge in [-0.3, -0.25) is 0 Å². The Balaban J connectivity index is 1.98. The molecule has 90 valence electrons. The maximum absolute atomic E-state index is 9.89. The average molecular weight is 334 g/mol. The number of aliphatic hydroxyl groups excluding tert-OH is 1. The molecule has 0 amide bonds. The van der Waals surface area contributed by atoms with Crippen molar-refractivity contribution in [2.75, 3.05) is 11.9 Å². The molecule has 1 atom stereocenters. The third-order valence-corrected chi connectivity index (χ3v) is 3.71. The smallest absolute Gasteiger partial charge is 0.140 e. The minimum atomic E-state index is -0.536. The van der Waals surface area contributed by atoms with Crippen molar-refractivity contribution >= 4 is 44.7 Å². The van der Waals surface area contributed by atoms with Crippen molar-refractivity contribution in [3.8, 4) is 0 Å². The Labute approximate surface area is 117 Å². The van der Waals surface area contributed by atoms with E-state index in [9.17, 15) is 5.11 Å². The average Bonchev–Trinajstić information content (AvgIpc) is 2.81. The van der Waals surface area contributed by atoms with E-state index in [1.807, 2.05) is 16.8 Å². The zero-order valence-corrected chi connectivity index (χ0v) is 11.9. The van der Waals surface area contributed by atoms with Crippen LogP contribution in [-0.2, 0) is 0 Å². The number of halogens is 2. The summed E-state index contributed by atoms with van der Waals surface area (Å²) >= 11 is 10.7. The molecule has 2 aromatic heterocycles. The van der Waals surface area contributed by atoms with Crippen LogP contribution >= 0.6 is 38.9 Å². The highest BCUT2D eigenvalue weighted by molar-refractivity contribution is 9.10. The van der Waals surface area contributed by atoms with Crippen molar-refractivity contribution in [3.63, 3.8) is 0 Å². The first-order valence-corrected chi connectivity index (χ1v) is 7.03. The topological polar surface area (TPSA) is 45.1 Å². The van der Waals surface area contributed by atoms with E-state index in [1.165, 1.54) is 0 Å². The van der Waals surface area contributed by atoms with Crippen molar-refractivity contribution in [2.24, 2.45) is 0 Å². The van der Waals surface area contributed by atoms with E-state index in [0.717, 1.165) is 10.0 Å². The molecule has 0 aliphatic rings. The third kappa shape index (κ3) is 3.42. The number of hydrogen-bond donors (Lipinski definition) is 2. The highest BCUT2D eigenvalue weighted by Gasteiger charge is 2.09. The van der Waals surface area contributed by atoms with E-state index < -0.39 is 6.10 Å². The summed E-state index contributed by atoms with van der Waals surface area (Å²) in [6.07, 6.45) is 1.02. The molecule has 0 aliphatic heterocycles. The lowest BCUT2D eigenvalue weighted by Gasteiger charge is -2.12. The van der Waals surface area contributed by atoms with Crippen molar-refractivity contribution in [2.45, 2.75) is 6.10 Å². The highest BCUT2D eigenvalue weighted by atomic mass is 79.9. The molecule has 6 heteroatoms. The first-order valence-electron chi connectivity index (χ1n) is 4.92. The first kappa shape index (κ1) is 12.8. The molecule has 2 heterocycles. The number of rotatable bonds is 4. The zero-order chi connectivity index (χ0) is 12.3. The fourth-order valence-corrected chi connectivity index (χ4v) is 2.81. The molecular weight excluding hydrogens is 324 g/mol. The Morgan fingerprint density at radius 1 is 1.59 bits per heavy atom. The lowest BCUT2D eigenvalue weighted by molar-refractivity contribution is 0.192. The van der Waals surface area contributed by atoms with Crippen molar-refractivity contribution in [1.82, 2.24) is 4.98 Å². The second-order valence-corrected chi connectivity index (χ2v) is 5.51. The Morgan fingerprint density at radius 2 is 2.41 bits per heavy atom. The van der Waals surface area contributed by atoms with Gasteiger partial charge in [-0.1, -0.05) is 11.6 Å². The number of aromatic nitrogens is 1. The summed E-state index contributed by atoms with van der Waals surface area (Å²) in [5.74, 6) is 0.670. The van der Waals surface area contributed by atoms with E-state index in [1.54, 1.807) is 23.6 Å². The van der Waals surface area contributed by atoms with Gasteiger partial charge in [-0.15, -0.1) is 0 Å². The van der Waals surface area contributed by atoms with E-state index in [-0.39, 0.29) is 0 Å². The number of aliphatic hydroxyl groups is 1. The largest absolute Gasteiger partial charge is 0.387 e. The molecule has 2 N–H and O–H groups in total. The van der Waals surface area contributed by atoms with E-state index in [4.69, 9.17) is 11.6 Å². The number of nitrogens with one attached hydrogen (secondary N) is 1. The van der Waals surface area contributed by atoms with Crippen molar-refractivity contribution in [1.29, 1.82) is 0 Å². The molecule has 1 unspecified atom stereocenters. The molecule has 2 rings (SSSR count). The van der Waals surface area contributed by atoms with Gasteiger partial charge in [0, 0.05) is 12.7 Å². The highest BCUT2D eigenvalue weighted by Crippen LogP contribution is 2.24. The third-order valence-electron chi connectivity index (χ3n) is 2.20. The normalized spacial score (nSPS) is 12.4. The maximum atomic E-state index is 9.89. The summed E-state index contributed by atoms with van der Waals surface area (Å²) in [6.45, 7) is 0.407. The molecular formula is C11H10BrClN2OS. The van der Waals surface area contributed by atoms with Crippen LogP contribution in [0.1, 0.15) is 11.7 Å². The van der Waals surface area contributed by atoms with Gasteiger partial charge in [-0.25, -0.2) is 4.98 Å². The number of hydrogen-bond acceptors (Lipinski definition) is 4. The zero-order valence-electron chi connectivity index (χ0n) is 8.73. The minimum Gasteiger partial charge on any atom is -0.387 e. The number of anilines is 1. The molecule has 0 radical (unpaired) electrons. The molecule has 3 nitrogen and oxygen atoms in total. The predicted molar refractivity (Wildman–Crippen MR) is 74.7 cm³/mol. The van der Waals surface area contributed by atoms with E-state index in [2.05, 4.69) is 26.2 Å². The summed E-state index contributed by atoms with van der Waals surface area (Å²) in [5.41, 5.74) is 0.910. The van der Waals surface area contributed by atoms with Gasteiger partial charge in [0.1, 0.15) is 5.82 Å². The molecule has 0 aliphatic carbocycles. The molecule has 0 saturated heterocycles. The van der Waals surface area contributed by atoms with Crippen LogP contribution < -0.4 is 5.32 Å². The fourth-order valence-electron chi connectivity index (χ4n) is 1.32. The standard InChI is InChI=1S/C11H10BrClN2OS/c12-9-3-8(13)4-14-11(9)15-5-10(16)7-1-2-17-6-7/h1-4,6,10,16H,5H2,(H,14,15). The lowest BCUT2D eigenvalue weighted by atomic mass is 10.2. The Morgan fingerprint density at radius 3 is 3.06 bits per heavy atom. The SMILES string of the molecule is OC(CNc1ncc(Cl)cc1Br)c1ccsc1. The summed E-state index contributed by atoms with van der Waals surface area (Å²) in [4.78, 5) is 4.13. The molecule has 0 fully saturated rings. The van der Waals surface area contributed by atoms with Gasteiger partial charge in [0.2, 0.25) is 0 Å². The van der Waals surface area contributed by atoms with Gasteiger partial charge in [-0.05, 0) is 44.4 Å². The second-order valence-electron chi connectivity index (χ2n) is 3.44. The van der Waals surface area contributed by atoms with Gasteiger partial charge >= 0.3 is 0 Å². The van der Waals surface area contributed by atoms with Crippen LogP contribution in [0.25, 0.3) is 0 Å². The first-order chi connectivity index (χ1) is 8.16. The summed E-state index contributed by atoms with van der Waals surface area (Å²) in [6, 6.07) is 3.66. The van der Waals surface area contributed by atoms with Gasteiger partial charge in [0.05, 0.1) is 15.6 Å².